The van der Waals surface area contributed by atoms with E-state index in [9.17, 15) is 9.59 Å². The van der Waals surface area contributed by atoms with Gasteiger partial charge >= 0.3 is 0 Å². The summed E-state index contributed by atoms with van der Waals surface area (Å²) in [7, 11) is 0. The van der Waals surface area contributed by atoms with Crippen molar-refractivity contribution >= 4 is 23.2 Å². The third-order valence-corrected chi connectivity index (χ3v) is 3.21. The summed E-state index contributed by atoms with van der Waals surface area (Å²) in [6.45, 7) is 0.694. The summed E-state index contributed by atoms with van der Waals surface area (Å²) in [6.07, 6.45) is 1.57. The highest BCUT2D eigenvalue weighted by atomic mass is 16.1. The standard InChI is InChI=1S/C12H16N4O2/c13-8-4-3-7(11(14)17)6-10(8)16-5-1-2-9(16)12(15)18/h3-4,6,9H,1-2,5,13H2,(H2,14,17)(H2,15,18). The zero-order valence-corrected chi connectivity index (χ0v) is 9.93. The number of nitrogen functional groups attached to an aromatic ring is 1. The van der Waals surface area contributed by atoms with Crippen molar-refractivity contribution in [3.8, 4) is 0 Å². The van der Waals surface area contributed by atoms with E-state index in [2.05, 4.69) is 0 Å². The van der Waals surface area contributed by atoms with Gasteiger partial charge in [-0.15, -0.1) is 0 Å². The first kappa shape index (κ1) is 12.2. The van der Waals surface area contributed by atoms with Crippen molar-refractivity contribution in [3.63, 3.8) is 0 Å². The second kappa shape index (κ2) is 4.56. The van der Waals surface area contributed by atoms with Gasteiger partial charge in [-0.25, -0.2) is 0 Å². The van der Waals surface area contributed by atoms with Gasteiger partial charge in [0.2, 0.25) is 11.8 Å². The predicted molar refractivity (Wildman–Crippen MR) is 68.9 cm³/mol. The number of anilines is 2. The molecule has 6 N–H and O–H groups in total. The maximum absolute atomic E-state index is 11.4. The van der Waals surface area contributed by atoms with E-state index in [4.69, 9.17) is 17.2 Å². The third-order valence-electron chi connectivity index (χ3n) is 3.21. The number of nitrogens with two attached hydrogens (primary N) is 3. The van der Waals surface area contributed by atoms with Gasteiger partial charge in [0.25, 0.3) is 0 Å². The maximum Gasteiger partial charge on any atom is 0.248 e. The summed E-state index contributed by atoms with van der Waals surface area (Å²) in [5.41, 5.74) is 18.0. The molecule has 2 amide bonds. The summed E-state index contributed by atoms with van der Waals surface area (Å²) in [5.74, 6) is -0.901. The molecule has 1 unspecified atom stereocenters. The smallest absolute Gasteiger partial charge is 0.248 e. The average molecular weight is 248 g/mol. The number of primary amides is 2. The van der Waals surface area contributed by atoms with Crippen molar-refractivity contribution in [2.75, 3.05) is 17.2 Å². The largest absolute Gasteiger partial charge is 0.397 e. The SMILES string of the molecule is NC(=O)c1ccc(N)c(N2CCCC2C(N)=O)c1. The number of benzene rings is 1. The first-order valence-corrected chi connectivity index (χ1v) is 5.76. The predicted octanol–water partition coefficient (Wildman–Crippen LogP) is -0.178. The minimum absolute atomic E-state index is 0.365. The van der Waals surface area contributed by atoms with Crippen LogP contribution in [0.5, 0.6) is 0 Å². The first-order valence-electron chi connectivity index (χ1n) is 5.76. The molecule has 96 valence electrons. The number of carbonyl (C=O) groups excluding carboxylic acids is 2. The molecule has 0 bridgehead atoms. The van der Waals surface area contributed by atoms with E-state index in [0.29, 0.717) is 29.9 Å². The van der Waals surface area contributed by atoms with Crippen molar-refractivity contribution in [3.05, 3.63) is 23.8 Å². The Morgan fingerprint density at radius 2 is 2.00 bits per heavy atom. The zero-order valence-electron chi connectivity index (χ0n) is 9.93. The number of carbonyl (C=O) groups is 2. The van der Waals surface area contributed by atoms with Crippen LogP contribution < -0.4 is 22.1 Å². The molecular weight excluding hydrogens is 232 g/mol. The van der Waals surface area contributed by atoms with E-state index in [1.54, 1.807) is 18.2 Å². The molecule has 18 heavy (non-hydrogen) atoms. The van der Waals surface area contributed by atoms with Crippen LogP contribution in [0, 0.1) is 0 Å². The molecule has 2 rings (SSSR count). The minimum atomic E-state index is -0.522. The first-order chi connectivity index (χ1) is 8.50. The molecule has 0 aromatic heterocycles. The Balaban J connectivity index is 2.40. The van der Waals surface area contributed by atoms with Crippen LogP contribution in [0.4, 0.5) is 11.4 Å². The summed E-state index contributed by atoms with van der Waals surface area (Å²) in [6, 6.07) is 4.43. The van der Waals surface area contributed by atoms with Crippen molar-refractivity contribution in [2.24, 2.45) is 11.5 Å². The van der Waals surface area contributed by atoms with Crippen LogP contribution in [0.15, 0.2) is 18.2 Å². The Kier molecular flexibility index (Phi) is 3.10. The lowest BCUT2D eigenvalue weighted by Gasteiger charge is -2.26. The fraction of sp³-hybridized carbons (Fsp3) is 0.333. The van der Waals surface area contributed by atoms with Gasteiger partial charge in [0.05, 0.1) is 11.4 Å². The molecule has 0 saturated carbocycles. The molecule has 1 aromatic carbocycles. The monoisotopic (exact) mass is 248 g/mol. The summed E-state index contributed by atoms with van der Waals surface area (Å²) >= 11 is 0. The molecule has 1 heterocycles. The second-order valence-electron chi connectivity index (χ2n) is 4.39. The topological polar surface area (TPSA) is 115 Å². The lowest BCUT2D eigenvalue weighted by Crippen LogP contribution is -2.40. The van der Waals surface area contributed by atoms with Crippen molar-refractivity contribution in [1.29, 1.82) is 0 Å². The van der Waals surface area contributed by atoms with Crippen LogP contribution in [0.3, 0.4) is 0 Å². The van der Waals surface area contributed by atoms with Crippen LogP contribution >= 0.6 is 0 Å². The highest BCUT2D eigenvalue weighted by molar-refractivity contribution is 5.95. The van der Waals surface area contributed by atoms with Gasteiger partial charge in [0, 0.05) is 12.1 Å². The van der Waals surface area contributed by atoms with E-state index >= 15 is 0 Å². The van der Waals surface area contributed by atoms with Gasteiger partial charge < -0.3 is 22.1 Å². The molecule has 0 radical (unpaired) electrons. The Morgan fingerprint density at radius 1 is 1.28 bits per heavy atom. The molecule has 0 spiro atoms. The van der Waals surface area contributed by atoms with Crippen molar-refractivity contribution in [1.82, 2.24) is 0 Å². The van der Waals surface area contributed by atoms with E-state index in [-0.39, 0.29) is 11.9 Å². The van der Waals surface area contributed by atoms with Crippen LogP contribution in [-0.2, 0) is 4.79 Å². The molecule has 1 aromatic rings. The normalized spacial score (nSPS) is 18.9. The maximum atomic E-state index is 11.4. The Labute approximate surface area is 105 Å². The molecule has 0 aliphatic carbocycles. The molecule has 6 heteroatoms. The van der Waals surface area contributed by atoms with E-state index in [1.165, 1.54) is 0 Å². The summed E-state index contributed by atoms with van der Waals surface area (Å²) in [4.78, 5) is 24.4. The highest BCUT2D eigenvalue weighted by Crippen LogP contribution is 2.31. The fourth-order valence-corrected chi connectivity index (χ4v) is 2.30. The number of nitrogens with zero attached hydrogens (tertiary/aromatic N) is 1. The molecule has 6 nitrogen and oxygen atoms in total. The quantitative estimate of drug-likeness (QED) is 0.643. The Bertz CT molecular complexity index is 501. The van der Waals surface area contributed by atoms with Crippen molar-refractivity contribution in [2.45, 2.75) is 18.9 Å². The van der Waals surface area contributed by atoms with Gasteiger partial charge in [0.15, 0.2) is 0 Å². The third kappa shape index (κ3) is 2.09. The number of hydrogen-bond donors (Lipinski definition) is 3. The molecule has 1 atom stereocenters. The molecule has 1 fully saturated rings. The van der Waals surface area contributed by atoms with Crippen molar-refractivity contribution < 1.29 is 9.59 Å². The zero-order chi connectivity index (χ0) is 13.3. The van der Waals surface area contributed by atoms with Crippen LogP contribution in [0.2, 0.25) is 0 Å². The second-order valence-corrected chi connectivity index (χ2v) is 4.39. The Morgan fingerprint density at radius 3 is 2.61 bits per heavy atom. The molecular formula is C12H16N4O2. The Hall–Kier alpha value is -2.24. The number of hydrogen-bond acceptors (Lipinski definition) is 4. The summed E-state index contributed by atoms with van der Waals surface area (Å²) < 4.78 is 0. The van der Waals surface area contributed by atoms with Gasteiger partial charge in [-0.1, -0.05) is 0 Å². The van der Waals surface area contributed by atoms with Gasteiger partial charge in [0.1, 0.15) is 6.04 Å². The average Bonchev–Trinajstić information content (AvgIpc) is 2.78. The van der Waals surface area contributed by atoms with E-state index in [1.807, 2.05) is 4.90 Å². The minimum Gasteiger partial charge on any atom is -0.397 e. The van der Waals surface area contributed by atoms with Gasteiger partial charge in [-0.3, -0.25) is 9.59 Å². The van der Waals surface area contributed by atoms with Crippen LogP contribution in [0.1, 0.15) is 23.2 Å². The fourth-order valence-electron chi connectivity index (χ4n) is 2.30. The molecule has 1 aliphatic rings. The van der Waals surface area contributed by atoms with Crippen LogP contribution in [-0.4, -0.2) is 24.4 Å². The van der Waals surface area contributed by atoms with E-state index < -0.39 is 5.91 Å². The highest BCUT2D eigenvalue weighted by Gasteiger charge is 2.30. The molecule has 1 saturated heterocycles. The lowest BCUT2D eigenvalue weighted by molar-refractivity contribution is -0.119. The summed E-state index contributed by atoms with van der Waals surface area (Å²) in [5, 5.41) is 0. The van der Waals surface area contributed by atoms with E-state index in [0.717, 1.165) is 6.42 Å². The number of rotatable bonds is 3. The van der Waals surface area contributed by atoms with Crippen LogP contribution in [0.25, 0.3) is 0 Å². The lowest BCUT2D eigenvalue weighted by atomic mass is 10.1. The number of amides is 2. The molecule has 1 aliphatic heterocycles. The van der Waals surface area contributed by atoms with Gasteiger partial charge in [-0.05, 0) is 31.0 Å². The van der Waals surface area contributed by atoms with Gasteiger partial charge in [-0.2, -0.15) is 0 Å².